The lowest BCUT2D eigenvalue weighted by atomic mass is 10.0. The minimum absolute atomic E-state index is 0.114. The van der Waals surface area contributed by atoms with Crippen LogP contribution in [0.15, 0.2) is 0 Å². The molecule has 0 aromatic carbocycles. The van der Waals surface area contributed by atoms with Gasteiger partial charge in [-0.1, -0.05) is 12.2 Å². The Hall–Kier alpha value is -0.400. The van der Waals surface area contributed by atoms with E-state index in [9.17, 15) is 13.2 Å². The first-order chi connectivity index (χ1) is 7.82. The highest BCUT2D eigenvalue weighted by Gasteiger charge is 2.42. The van der Waals surface area contributed by atoms with Crippen molar-refractivity contribution >= 4 is 17.2 Å². The van der Waals surface area contributed by atoms with Gasteiger partial charge in [0, 0.05) is 25.8 Å². The van der Waals surface area contributed by atoms with Gasteiger partial charge in [0.2, 0.25) is 0 Å². The molecule has 17 heavy (non-hydrogen) atoms. The highest BCUT2D eigenvalue weighted by atomic mass is 32.1. The molecule has 1 heterocycles. The highest BCUT2D eigenvalue weighted by molar-refractivity contribution is 7.80. The second-order valence-electron chi connectivity index (χ2n) is 4.28. The van der Waals surface area contributed by atoms with Crippen LogP contribution in [0.3, 0.4) is 0 Å². The summed E-state index contributed by atoms with van der Waals surface area (Å²) >= 11 is 4.49. The number of nitrogens with zero attached hydrogens (tertiary/aromatic N) is 1. The van der Waals surface area contributed by atoms with Crippen molar-refractivity contribution in [3.05, 3.63) is 0 Å². The van der Waals surface area contributed by atoms with Crippen molar-refractivity contribution in [1.82, 2.24) is 4.90 Å². The summed E-state index contributed by atoms with van der Waals surface area (Å²) in [7, 11) is 1.67. The standard InChI is InChI=1S/C10H17F3N2OS/c1-15(7-2-4-16-5-3-7)6-8(9(14)17)10(11,12)13/h7-8H,2-6H2,1H3,(H2,14,17). The number of alkyl halides is 3. The number of halogens is 3. The van der Waals surface area contributed by atoms with Crippen LogP contribution < -0.4 is 5.73 Å². The predicted octanol–water partition coefficient (Wildman–Crippen LogP) is 1.56. The molecule has 7 heteroatoms. The van der Waals surface area contributed by atoms with E-state index in [-0.39, 0.29) is 12.6 Å². The molecular formula is C10H17F3N2OS. The first-order valence-corrected chi connectivity index (χ1v) is 5.87. The van der Waals surface area contributed by atoms with Crippen LogP contribution in [0.1, 0.15) is 12.8 Å². The maximum absolute atomic E-state index is 12.7. The van der Waals surface area contributed by atoms with E-state index >= 15 is 0 Å². The Morgan fingerprint density at radius 2 is 2.00 bits per heavy atom. The third-order valence-corrected chi connectivity index (χ3v) is 3.31. The van der Waals surface area contributed by atoms with Gasteiger partial charge in [0.1, 0.15) is 5.92 Å². The van der Waals surface area contributed by atoms with E-state index in [1.54, 1.807) is 11.9 Å². The Morgan fingerprint density at radius 1 is 1.47 bits per heavy atom. The summed E-state index contributed by atoms with van der Waals surface area (Å²) in [6.45, 7) is 1.01. The summed E-state index contributed by atoms with van der Waals surface area (Å²) in [5.41, 5.74) is 5.16. The van der Waals surface area contributed by atoms with Gasteiger partial charge in [0.25, 0.3) is 0 Å². The fourth-order valence-corrected chi connectivity index (χ4v) is 2.13. The molecule has 2 N–H and O–H groups in total. The molecule has 0 aromatic heterocycles. The zero-order valence-corrected chi connectivity index (χ0v) is 10.5. The van der Waals surface area contributed by atoms with Crippen LogP contribution in [0.2, 0.25) is 0 Å². The van der Waals surface area contributed by atoms with Crippen LogP contribution in [-0.4, -0.2) is 48.9 Å². The molecule has 1 rings (SSSR count). The third-order valence-electron chi connectivity index (χ3n) is 3.02. The van der Waals surface area contributed by atoms with Gasteiger partial charge in [-0.15, -0.1) is 0 Å². The van der Waals surface area contributed by atoms with E-state index in [1.165, 1.54) is 0 Å². The molecule has 0 aliphatic carbocycles. The number of thiocarbonyl (C=S) groups is 1. The Bertz CT molecular complexity index is 267. The van der Waals surface area contributed by atoms with Crippen LogP contribution in [0.4, 0.5) is 13.2 Å². The lowest BCUT2D eigenvalue weighted by molar-refractivity contribution is -0.160. The lowest BCUT2D eigenvalue weighted by Crippen LogP contribution is -2.46. The van der Waals surface area contributed by atoms with Gasteiger partial charge in [0.15, 0.2) is 0 Å². The number of hydrogen-bond donors (Lipinski definition) is 1. The van der Waals surface area contributed by atoms with Crippen molar-refractivity contribution < 1.29 is 17.9 Å². The zero-order chi connectivity index (χ0) is 13.1. The SMILES string of the molecule is CN(CC(C(N)=S)C(F)(F)F)C1CCOCC1. The van der Waals surface area contributed by atoms with E-state index in [2.05, 4.69) is 12.2 Å². The summed E-state index contributed by atoms with van der Waals surface area (Å²) in [5, 5.41) is 0. The van der Waals surface area contributed by atoms with Crippen LogP contribution >= 0.6 is 12.2 Å². The Kier molecular flexibility index (Phi) is 5.15. The van der Waals surface area contributed by atoms with Gasteiger partial charge in [-0.05, 0) is 19.9 Å². The smallest absolute Gasteiger partial charge is 0.393 e. The molecule has 0 aromatic rings. The molecule has 3 nitrogen and oxygen atoms in total. The number of rotatable bonds is 4. The molecule has 1 aliphatic rings. The Balaban J connectivity index is 2.57. The lowest BCUT2D eigenvalue weighted by Gasteiger charge is -2.33. The maximum Gasteiger partial charge on any atom is 0.399 e. The van der Waals surface area contributed by atoms with E-state index in [4.69, 9.17) is 10.5 Å². The molecule has 0 spiro atoms. The molecule has 1 saturated heterocycles. The molecule has 0 bridgehead atoms. The maximum atomic E-state index is 12.7. The normalized spacial score (nSPS) is 20.5. The van der Waals surface area contributed by atoms with E-state index in [0.717, 1.165) is 12.8 Å². The van der Waals surface area contributed by atoms with Crippen molar-refractivity contribution in [2.75, 3.05) is 26.8 Å². The number of nitrogens with two attached hydrogens (primary N) is 1. The van der Waals surface area contributed by atoms with Crippen molar-refractivity contribution in [1.29, 1.82) is 0 Å². The summed E-state index contributed by atoms with van der Waals surface area (Å²) in [4.78, 5) is 1.19. The predicted molar refractivity (Wildman–Crippen MR) is 62.8 cm³/mol. The summed E-state index contributed by atoms with van der Waals surface area (Å²) in [6.07, 6.45) is -2.87. The monoisotopic (exact) mass is 270 g/mol. The van der Waals surface area contributed by atoms with Crippen molar-refractivity contribution in [2.45, 2.75) is 25.1 Å². The Labute approximate surface area is 104 Å². The van der Waals surface area contributed by atoms with Gasteiger partial charge in [-0.25, -0.2) is 0 Å². The van der Waals surface area contributed by atoms with Gasteiger partial charge in [-0.3, -0.25) is 0 Å². The summed E-state index contributed by atoms with van der Waals surface area (Å²) in [6, 6.07) is 0.114. The number of ether oxygens (including phenoxy) is 1. The average Bonchev–Trinajstić information content (AvgIpc) is 2.24. The van der Waals surface area contributed by atoms with Crippen molar-refractivity contribution in [2.24, 2.45) is 11.7 Å². The van der Waals surface area contributed by atoms with E-state index in [0.29, 0.717) is 13.2 Å². The molecule has 1 unspecified atom stereocenters. The van der Waals surface area contributed by atoms with Gasteiger partial charge < -0.3 is 15.4 Å². The fourth-order valence-electron chi connectivity index (χ4n) is 1.92. The largest absolute Gasteiger partial charge is 0.399 e. The molecule has 1 fully saturated rings. The van der Waals surface area contributed by atoms with E-state index < -0.39 is 17.1 Å². The van der Waals surface area contributed by atoms with Crippen LogP contribution in [0.25, 0.3) is 0 Å². The van der Waals surface area contributed by atoms with Gasteiger partial charge in [0.05, 0.1) is 4.99 Å². The third kappa shape index (κ3) is 4.40. The molecule has 100 valence electrons. The topological polar surface area (TPSA) is 38.5 Å². The minimum atomic E-state index is -4.37. The van der Waals surface area contributed by atoms with Crippen molar-refractivity contribution in [3.8, 4) is 0 Å². The summed E-state index contributed by atoms with van der Waals surface area (Å²) in [5.74, 6) is -1.73. The van der Waals surface area contributed by atoms with Crippen molar-refractivity contribution in [3.63, 3.8) is 0 Å². The molecule has 0 amide bonds. The highest BCUT2D eigenvalue weighted by Crippen LogP contribution is 2.28. The van der Waals surface area contributed by atoms with Gasteiger partial charge in [-0.2, -0.15) is 13.2 Å². The molecule has 0 saturated carbocycles. The van der Waals surface area contributed by atoms with Crippen LogP contribution in [0.5, 0.6) is 0 Å². The fraction of sp³-hybridized carbons (Fsp3) is 0.900. The average molecular weight is 270 g/mol. The van der Waals surface area contributed by atoms with Crippen LogP contribution in [-0.2, 0) is 4.74 Å². The Morgan fingerprint density at radius 3 is 2.41 bits per heavy atom. The van der Waals surface area contributed by atoms with E-state index in [1.807, 2.05) is 0 Å². The molecule has 1 atom stereocenters. The first kappa shape index (κ1) is 14.7. The minimum Gasteiger partial charge on any atom is -0.393 e. The molecular weight excluding hydrogens is 253 g/mol. The second-order valence-corrected chi connectivity index (χ2v) is 4.75. The summed E-state index contributed by atoms with van der Waals surface area (Å²) < 4.78 is 43.2. The van der Waals surface area contributed by atoms with Gasteiger partial charge >= 0.3 is 6.18 Å². The second kappa shape index (κ2) is 5.97. The van der Waals surface area contributed by atoms with Crippen LogP contribution in [0, 0.1) is 5.92 Å². The zero-order valence-electron chi connectivity index (χ0n) is 9.67. The quantitative estimate of drug-likeness (QED) is 0.787. The number of hydrogen-bond acceptors (Lipinski definition) is 3. The first-order valence-electron chi connectivity index (χ1n) is 5.46. The molecule has 1 aliphatic heterocycles. The molecule has 0 radical (unpaired) electrons.